The molecule has 5 nitrogen and oxygen atoms in total. The van der Waals surface area contributed by atoms with Gasteiger partial charge in [0.25, 0.3) is 0 Å². The predicted molar refractivity (Wildman–Crippen MR) is 81.2 cm³/mol. The molecule has 0 amide bonds. The van der Waals surface area contributed by atoms with Gasteiger partial charge in [0, 0.05) is 18.2 Å². The number of rotatable bonds is 6. The Morgan fingerprint density at radius 3 is 2.14 bits per heavy atom. The van der Waals surface area contributed by atoms with E-state index in [0.29, 0.717) is 17.2 Å². The normalized spacial score (nSPS) is 9.90. The fourth-order valence-electron chi connectivity index (χ4n) is 1.90. The van der Waals surface area contributed by atoms with Crippen LogP contribution < -0.4 is 24.3 Å². The third-order valence-electron chi connectivity index (χ3n) is 3.00. The van der Waals surface area contributed by atoms with Crippen LogP contribution in [0.5, 0.6) is 23.0 Å². The van der Waals surface area contributed by atoms with Gasteiger partial charge in [-0.2, -0.15) is 0 Å². The highest BCUT2D eigenvalue weighted by atomic mass is 16.5. The van der Waals surface area contributed by atoms with E-state index in [2.05, 4.69) is 11.4 Å². The molecule has 0 saturated carbocycles. The second kappa shape index (κ2) is 6.74. The van der Waals surface area contributed by atoms with Crippen molar-refractivity contribution in [3.05, 3.63) is 36.4 Å². The second-order valence-corrected chi connectivity index (χ2v) is 4.17. The van der Waals surface area contributed by atoms with Gasteiger partial charge in [0.05, 0.1) is 39.8 Å². The van der Waals surface area contributed by atoms with Crippen molar-refractivity contribution in [3.63, 3.8) is 0 Å². The molecule has 0 unspecified atom stereocenters. The SMILES string of the molecule is COc1[c]cc(OC)c(Nc2cc(OC)ccc2OC)c1. The molecule has 0 saturated heterocycles. The molecule has 2 rings (SSSR count). The molecule has 0 fully saturated rings. The summed E-state index contributed by atoms with van der Waals surface area (Å²) >= 11 is 0. The summed E-state index contributed by atoms with van der Waals surface area (Å²) in [5, 5.41) is 3.26. The van der Waals surface area contributed by atoms with Crippen molar-refractivity contribution in [1.29, 1.82) is 0 Å². The fourth-order valence-corrected chi connectivity index (χ4v) is 1.90. The molecule has 5 heteroatoms. The second-order valence-electron chi connectivity index (χ2n) is 4.17. The summed E-state index contributed by atoms with van der Waals surface area (Å²) in [6.07, 6.45) is 0. The maximum atomic E-state index is 5.35. The zero-order valence-electron chi connectivity index (χ0n) is 12.5. The van der Waals surface area contributed by atoms with Gasteiger partial charge < -0.3 is 24.3 Å². The van der Waals surface area contributed by atoms with Crippen LogP contribution in [-0.2, 0) is 0 Å². The van der Waals surface area contributed by atoms with E-state index in [1.807, 2.05) is 18.2 Å². The van der Waals surface area contributed by atoms with Gasteiger partial charge in [-0.25, -0.2) is 0 Å². The Hall–Kier alpha value is -2.56. The fraction of sp³-hybridized carbons (Fsp3) is 0.250. The molecule has 111 valence electrons. The number of hydrogen-bond donors (Lipinski definition) is 1. The molecule has 21 heavy (non-hydrogen) atoms. The molecular weight excluding hydrogens is 270 g/mol. The smallest absolute Gasteiger partial charge is 0.143 e. The van der Waals surface area contributed by atoms with Crippen molar-refractivity contribution < 1.29 is 18.9 Å². The van der Waals surface area contributed by atoms with Crippen LogP contribution in [0.25, 0.3) is 0 Å². The third-order valence-corrected chi connectivity index (χ3v) is 3.00. The quantitative estimate of drug-likeness (QED) is 0.884. The average Bonchev–Trinajstić information content (AvgIpc) is 2.54. The van der Waals surface area contributed by atoms with Gasteiger partial charge in [0.1, 0.15) is 23.0 Å². The molecule has 0 atom stereocenters. The minimum absolute atomic E-state index is 0.611. The number of hydrogen-bond acceptors (Lipinski definition) is 5. The first-order valence-corrected chi connectivity index (χ1v) is 6.34. The molecule has 0 aliphatic rings. The molecule has 0 spiro atoms. The van der Waals surface area contributed by atoms with Gasteiger partial charge in [0.15, 0.2) is 0 Å². The van der Waals surface area contributed by atoms with E-state index in [1.54, 1.807) is 40.6 Å². The van der Waals surface area contributed by atoms with Crippen LogP contribution in [0.4, 0.5) is 11.4 Å². The lowest BCUT2D eigenvalue weighted by atomic mass is 10.2. The molecular formula is C16H18NO4. The number of ether oxygens (including phenoxy) is 4. The van der Waals surface area contributed by atoms with Crippen molar-refractivity contribution in [3.8, 4) is 23.0 Å². The summed E-state index contributed by atoms with van der Waals surface area (Å²) in [5.74, 6) is 2.69. The Balaban J connectivity index is 2.40. The van der Waals surface area contributed by atoms with E-state index in [1.165, 1.54) is 0 Å². The molecule has 1 radical (unpaired) electrons. The van der Waals surface area contributed by atoms with Crippen LogP contribution in [0.1, 0.15) is 0 Å². The van der Waals surface area contributed by atoms with E-state index in [-0.39, 0.29) is 0 Å². The van der Waals surface area contributed by atoms with Crippen molar-refractivity contribution in [2.24, 2.45) is 0 Å². The Kier molecular flexibility index (Phi) is 4.77. The topological polar surface area (TPSA) is 49.0 Å². The first kappa shape index (κ1) is 14.8. The van der Waals surface area contributed by atoms with Gasteiger partial charge in [-0.3, -0.25) is 0 Å². The van der Waals surface area contributed by atoms with Gasteiger partial charge in [-0.15, -0.1) is 0 Å². The molecule has 0 aliphatic heterocycles. The highest BCUT2D eigenvalue weighted by Gasteiger charge is 2.10. The summed E-state index contributed by atoms with van der Waals surface area (Å²) in [6.45, 7) is 0. The van der Waals surface area contributed by atoms with E-state index in [0.717, 1.165) is 17.1 Å². The molecule has 1 N–H and O–H groups in total. The maximum absolute atomic E-state index is 5.35. The summed E-state index contributed by atoms with van der Waals surface area (Å²) in [7, 11) is 6.42. The lowest BCUT2D eigenvalue weighted by Gasteiger charge is -2.15. The first-order valence-electron chi connectivity index (χ1n) is 6.34. The molecule has 0 bridgehead atoms. The Morgan fingerprint density at radius 2 is 1.52 bits per heavy atom. The van der Waals surface area contributed by atoms with Crippen molar-refractivity contribution in [2.75, 3.05) is 33.8 Å². The minimum atomic E-state index is 0.611. The van der Waals surface area contributed by atoms with Crippen molar-refractivity contribution in [1.82, 2.24) is 0 Å². The highest BCUT2D eigenvalue weighted by molar-refractivity contribution is 5.72. The number of anilines is 2. The molecule has 2 aromatic carbocycles. The van der Waals surface area contributed by atoms with Crippen LogP contribution in [0, 0.1) is 6.07 Å². The highest BCUT2D eigenvalue weighted by Crippen LogP contribution is 2.36. The average molecular weight is 288 g/mol. The van der Waals surface area contributed by atoms with Crippen LogP contribution in [0.3, 0.4) is 0 Å². The van der Waals surface area contributed by atoms with Crippen molar-refractivity contribution in [2.45, 2.75) is 0 Å². The lowest BCUT2D eigenvalue weighted by molar-refractivity contribution is 0.402. The first-order chi connectivity index (χ1) is 10.2. The largest absolute Gasteiger partial charge is 0.497 e. The summed E-state index contributed by atoms with van der Waals surface area (Å²) in [5.41, 5.74) is 1.52. The number of methoxy groups -OCH3 is 4. The minimum Gasteiger partial charge on any atom is -0.497 e. The van der Waals surface area contributed by atoms with Gasteiger partial charge in [-0.1, -0.05) is 0 Å². The standard InChI is InChI=1S/C16H18NO4/c1-18-11-5-7-15(20-3)13(9-11)17-14-10-12(19-2)6-8-16(14)21-4/h5,7-10,17H,1-4H3. The number of benzene rings is 2. The summed E-state index contributed by atoms with van der Waals surface area (Å²) in [4.78, 5) is 0. The van der Waals surface area contributed by atoms with Gasteiger partial charge in [-0.05, 0) is 18.2 Å². The maximum Gasteiger partial charge on any atom is 0.143 e. The zero-order valence-corrected chi connectivity index (χ0v) is 12.5. The lowest BCUT2D eigenvalue weighted by Crippen LogP contribution is -1.98. The van der Waals surface area contributed by atoms with Gasteiger partial charge >= 0.3 is 0 Å². The summed E-state index contributed by atoms with van der Waals surface area (Å²) in [6, 6.07) is 12.0. The monoisotopic (exact) mass is 288 g/mol. The zero-order chi connectivity index (χ0) is 15.2. The Labute approximate surface area is 124 Å². The van der Waals surface area contributed by atoms with Crippen LogP contribution in [-0.4, -0.2) is 28.4 Å². The third kappa shape index (κ3) is 3.31. The molecule has 2 aromatic rings. The molecule has 0 heterocycles. The van der Waals surface area contributed by atoms with Crippen molar-refractivity contribution >= 4 is 11.4 Å². The number of nitrogens with one attached hydrogen (secondary N) is 1. The molecule has 0 aliphatic carbocycles. The van der Waals surface area contributed by atoms with E-state index in [4.69, 9.17) is 18.9 Å². The predicted octanol–water partition coefficient (Wildman–Crippen LogP) is 3.26. The van der Waals surface area contributed by atoms with E-state index >= 15 is 0 Å². The van der Waals surface area contributed by atoms with Crippen LogP contribution >= 0.6 is 0 Å². The van der Waals surface area contributed by atoms with E-state index in [9.17, 15) is 0 Å². The summed E-state index contributed by atoms with van der Waals surface area (Å²) < 4.78 is 21.1. The van der Waals surface area contributed by atoms with Crippen LogP contribution in [0.15, 0.2) is 30.3 Å². The molecule has 0 aromatic heterocycles. The Bertz CT molecular complexity index is 560. The van der Waals surface area contributed by atoms with Gasteiger partial charge in [0.2, 0.25) is 0 Å². The van der Waals surface area contributed by atoms with E-state index < -0.39 is 0 Å². The van der Waals surface area contributed by atoms with Crippen LogP contribution in [0.2, 0.25) is 0 Å². The Morgan fingerprint density at radius 1 is 0.810 bits per heavy atom.